The summed E-state index contributed by atoms with van der Waals surface area (Å²) in [5.41, 5.74) is 9.28. The van der Waals surface area contributed by atoms with Crippen molar-refractivity contribution in [3.05, 3.63) is 52.8 Å². The number of nitrogen functional groups attached to an aromatic ring is 1. The first-order valence-corrected chi connectivity index (χ1v) is 6.22. The standard InChI is InChI=1S/C14H15N5O/c1-9-8-18(2)14(20)19(9)11-5-3-10(4-6-11)12-7-16-17-13(12)15/h3-8H,1-2H3,(H3,15,16,17). The number of nitrogens with two attached hydrogens (primary N) is 1. The molecule has 3 rings (SSSR count). The molecule has 6 heteroatoms. The second-order valence-electron chi connectivity index (χ2n) is 4.74. The third-order valence-corrected chi connectivity index (χ3v) is 3.33. The predicted octanol–water partition coefficient (Wildman–Crippen LogP) is 1.46. The van der Waals surface area contributed by atoms with Crippen LogP contribution in [0.4, 0.5) is 5.82 Å². The Morgan fingerprint density at radius 3 is 2.45 bits per heavy atom. The summed E-state index contributed by atoms with van der Waals surface area (Å²) in [6.45, 7) is 1.91. The average molecular weight is 269 g/mol. The zero-order valence-corrected chi connectivity index (χ0v) is 11.3. The molecule has 6 nitrogen and oxygen atoms in total. The molecule has 0 spiro atoms. The van der Waals surface area contributed by atoms with E-state index in [2.05, 4.69) is 10.2 Å². The maximum absolute atomic E-state index is 12.0. The molecule has 0 saturated carbocycles. The molecule has 0 radical (unpaired) electrons. The second kappa shape index (κ2) is 4.41. The molecular formula is C14H15N5O. The van der Waals surface area contributed by atoms with E-state index in [9.17, 15) is 4.79 Å². The maximum atomic E-state index is 12.0. The fourth-order valence-corrected chi connectivity index (χ4v) is 2.33. The van der Waals surface area contributed by atoms with Gasteiger partial charge >= 0.3 is 5.69 Å². The van der Waals surface area contributed by atoms with Crippen molar-refractivity contribution in [1.29, 1.82) is 0 Å². The maximum Gasteiger partial charge on any atom is 0.332 e. The van der Waals surface area contributed by atoms with Crippen LogP contribution in [0, 0.1) is 6.92 Å². The topological polar surface area (TPSA) is 81.6 Å². The molecule has 0 aliphatic heterocycles. The highest BCUT2D eigenvalue weighted by Crippen LogP contribution is 2.24. The molecule has 0 saturated heterocycles. The van der Waals surface area contributed by atoms with Crippen molar-refractivity contribution in [1.82, 2.24) is 19.3 Å². The second-order valence-corrected chi connectivity index (χ2v) is 4.74. The van der Waals surface area contributed by atoms with Gasteiger partial charge in [-0.1, -0.05) is 12.1 Å². The summed E-state index contributed by atoms with van der Waals surface area (Å²) in [5, 5.41) is 6.61. The fraction of sp³-hybridized carbons (Fsp3) is 0.143. The summed E-state index contributed by atoms with van der Waals surface area (Å²) < 4.78 is 3.24. The van der Waals surface area contributed by atoms with Gasteiger partial charge in [0.05, 0.1) is 11.9 Å². The summed E-state index contributed by atoms with van der Waals surface area (Å²) in [6, 6.07) is 7.65. The summed E-state index contributed by atoms with van der Waals surface area (Å²) in [6.07, 6.45) is 3.49. The third kappa shape index (κ3) is 1.82. The van der Waals surface area contributed by atoms with Crippen LogP contribution in [0.15, 0.2) is 41.5 Å². The number of nitrogens with zero attached hydrogens (tertiary/aromatic N) is 3. The van der Waals surface area contributed by atoms with Gasteiger partial charge in [0.25, 0.3) is 0 Å². The number of hydrogen-bond acceptors (Lipinski definition) is 3. The lowest BCUT2D eigenvalue weighted by Crippen LogP contribution is -2.21. The Kier molecular flexibility index (Phi) is 2.71. The molecule has 0 unspecified atom stereocenters. The van der Waals surface area contributed by atoms with E-state index in [1.54, 1.807) is 22.4 Å². The molecule has 102 valence electrons. The largest absolute Gasteiger partial charge is 0.384 e. The van der Waals surface area contributed by atoms with E-state index in [-0.39, 0.29) is 5.69 Å². The van der Waals surface area contributed by atoms with E-state index in [1.807, 2.05) is 37.4 Å². The van der Waals surface area contributed by atoms with Gasteiger partial charge in [0.1, 0.15) is 5.82 Å². The molecule has 0 aliphatic carbocycles. The van der Waals surface area contributed by atoms with E-state index < -0.39 is 0 Å². The molecular weight excluding hydrogens is 254 g/mol. The van der Waals surface area contributed by atoms with Crippen molar-refractivity contribution in [2.24, 2.45) is 7.05 Å². The molecule has 1 aromatic carbocycles. The van der Waals surface area contributed by atoms with Crippen molar-refractivity contribution >= 4 is 5.82 Å². The number of rotatable bonds is 2. The molecule has 0 bridgehead atoms. The first-order valence-electron chi connectivity index (χ1n) is 6.22. The van der Waals surface area contributed by atoms with Crippen LogP contribution in [-0.2, 0) is 7.05 Å². The number of H-pyrrole nitrogens is 1. The monoisotopic (exact) mass is 269 g/mol. The van der Waals surface area contributed by atoms with Crippen LogP contribution >= 0.6 is 0 Å². The number of hydrogen-bond donors (Lipinski definition) is 2. The highest BCUT2D eigenvalue weighted by Gasteiger charge is 2.09. The molecule has 3 N–H and O–H groups in total. The quantitative estimate of drug-likeness (QED) is 0.739. The number of anilines is 1. The normalized spacial score (nSPS) is 10.9. The molecule has 2 heterocycles. The molecule has 2 aromatic heterocycles. The van der Waals surface area contributed by atoms with Gasteiger partial charge in [-0.2, -0.15) is 5.10 Å². The van der Waals surface area contributed by atoms with Crippen molar-refractivity contribution in [2.45, 2.75) is 6.92 Å². The summed E-state index contributed by atoms with van der Waals surface area (Å²) >= 11 is 0. The Bertz CT molecular complexity index is 807. The van der Waals surface area contributed by atoms with Gasteiger partial charge in [0.2, 0.25) is 0 Å². The van der Waals surface area contributed by atoms with Crippen LogP contribution < -0.4 is 11.4 Å². The highest BCUT2D eigenvalue weighted by molar-refractivity contribution is 5.73. The summed E-state index contributed by atoms with van der Waals surface area (Å²) in [7, 11) is 1.74. The zero-order valence-electron chi connectivity index (χ0n) is 11.3. The Labute approximate surface area is 115 Å². The van der Waals surface area contributed by atoms with Crippen LogP contribution in [-0.4, -0.2) is 19.3 Å². The number of benzene rings is 1. The molecule has 0 aliphatic rings. The molecule has 0 atom stereocenters. The number of nitrogens with one attached hydrogen (secondary N) is 1. The predicted molar refractivity (Wildman–Crippen MR) is 77.7 cm³/mol. The van der Waals surface area contributed by atoms with Crippen LogP contribution in [0.1, 0.15) is 5.69 Å². The van der Waals surface area contributed by atoms with E-state index in [0.29, 0.717) is 5.82 Å². The van der Waals surface area contributed by atoms with E-state index in [0.717, 1.165) is 22.5 Å². The lowest BCUT2D eigenvalue weighted by Gasteiger charge is -2.05. The lowest BCUT2D eigenvalue weighted by molar-refractivity contribution is 0.821. The summed E-state index contributed by atoms with van der Waals surface area (Å²) in [5.74, 6) is 0.533. The van der Waals surface area contributed by atoms with Gasteiger partial charge in [-0.05, 0) is 24.6 Å². The number of aromatic amines is 1. The minimum atomic E-state index is -0.0573. The van der Waals surface area contributed by atoms with Gasteiger partial charge in [0, 0.05) is 24.5 Å². The van der Waals surface area contributed by atoms with Crippen LogP contribution in [0.5, 0.6) is 0 Å². The van der Waals surface area contributed by atoms with Gasteiger partial charge in [-0.25, -0.2) is 4.79 Å². The lowest BCUT2D eigenvalue weighted by atomic mass is 10.1. The average Bonchev–Trinajstić information content (AvgIpc) is 2.95. The van der Waals surface area contributed by atoms with Crippen molar-refractivity contribution < 1.29 is 0 Å². The Balaban J connectivity index is 2.06. The van der Waals surface area contributed by atoms with Gasteiger partial charge in [-0.15, -0.1) is 0 Å². The third-order valence-electron chi connectivity index (χ3n) is 3.33. The highest BCUT2D eigenvalue weighted by atomic mass is 16.1. The minimum absolute atomic E-state index is 0.0573. The van der Waals surface area contributed by atoms with Gasteiger partial charge < -0.3 is 10.3 Å². The van der Waals surface area contributed by atoms with Gasteiger partial charge in [0.15, 0.2) is 0 Å². The van der Waals surface area contributed by atoms with Crippen molar-refractivity contribution in [3.63, 3.8) is 0 Å². The molecule has 20 heavy (non-hydrogen) atoms. The van der Waals surface area contributed by atoms with E-state index in [1.165, 1.54) is 0 Å². The first kappa shape index (κ1) is 12.3. The van der Waals surface area contributed by atoms with Crippen LogP contribution in [0.2, 0.25) is 0 Å². The van der Waals surface area contributed by atoms with Crippen LogP contribution in [0.3, 0.4) is 0 Å². The van der Waals surface area contributed by atoms with Crippen molar-refractivity contribution in [3.8, 4) is 16.8 Å². The van der Waals surface area contributed by atoms with Crippen LogP contribution in [0.25, 0.3) is 16.8 Å². The zero-order chi connectivity index (χ0) is 14.3. The van der Waals surface area contributed by atoms with Crippen molar-refractivity contribution in [2.75, 3.05) is 5.73 Å². The fourth-order valence-electron chi connectivity index (χ4n) is 2.33. The van der Waals surface area contributed by atoms with E-state index in [4.69, 9.17) is 5.73 Å². The SMILES string of the molecule is Cc1cn(C)c(=O)n1-c1ccc(-c2cn[nH]c2N)cc1. The number of imidazole rings is 1. The van der Waals surface area contributed by atoms with Gasteiger partial charge in [-0.3, -0.25) is 9.67 Å². The smallest absolute Gasteiger partial charge is 0.332 e. The Morgan fingerprint density at radius 2 is 1.95 bits per heavy atom. The minimum Gasteiger partial charge on any atom is -0.384 e. The number of aromatic nitrogens is 4. The molecule has 0 fully saturated rings. The molecule has 3 aromatic rings. The van der Waals surface area contributed by atoms with E-state index >= 15 is 0 Å². The first-order chi connectivity index (χ1) is 9.58. The Morgan fingerprint density at radius 1 is 1.25 bits per heavy atom. The summed E-state index contributed by atoms with van der Waals surface area (Å²) in [4.78, 5) is 12.0. The molecule has 0 amide bonds. The Hall–Kier alpha value is -2.76. The number of aryl methyl sites for hydroxylation is 2.